The van der Waals surface area contributed by atoms with Gasteiger partial charge in [-0.1, -0.05) is 31.2 Å². The molecular formula is C13H22O2. The molecule has 0 aromatic carbocycles. The van der Waals surface area contributed by atoms with Crippen LogP contribution in [0.1, 0.15) is 47.0 Å². The predicted molar refractivity (Wildman–Crippen MR) is 63.7 cm³/mol. The number of hydrogen-bond donors (Lipinski definition) is 0. The van der Waals surface area contributed by atoms with E-state index < -0.39 is 0 Å². The molecule has 0 saturated carbocycles. The van der Waals surface area contributed by atoms with Gasteiger partial charge in [-0.3, -0.25) is 4.79 Å². The second-order valence-corrected chi connectivity index (χ2v) is 4.08. The summed E-state index contributed by atoms with van der Waals surface area (Å²) >= 11 is 0. The van der Waals surface area contributed by atoms with E-state index in [0.717, 1.165) is 12.8 Å². The molecule has 15 heavy (non-hydrogen) atoms. The zero-order valence-electron chi connectivity index (χ0n) is 10.2. The van der Waals surface area contributed by atoms with Crippen molar-refractivity contribution < 1.29 is 9.53 Å². The fourth-order valence-electron chi connectivity index (χ4n) is 1.15. The Morgan fingerprint density at radius 2 is 2.00 bits per heavy atom. The van der Waals surface area contributed by atoms with Crippen molar-refractivity contribution in [3.8, 4) is 0 Å². The van der Waals surface area contributed by atoms with Crippen LogP contribution in [0.2, 0.25) is 0 Å². The Morgan fingerprint density at radius 1 is 1.33 bits per heavy atom. The van der Waals surface area contributed by atoms with Gasteiger partial charge >= 0.3 is 5.97 Å². The van der Waals surface area contributed by atoms with Crippen LogP contribution < -0.4 is 0 Å². The van der Waals surface area contributed by atoms with Gasteiger partial charge in [-0.2, -0.15) is 0 Å². The van der Waals surface area contributed by atoms with Gasteiger partial charge in [0.25, 0.3) is 0 Å². The van der Waals surface area contributed by atoms with Crippen molar-refractivity contribution in [3.63, 3.8) is 0 Å². The molecule has 0 aliphatic rings. The minimum Gasteiger partial charge on any atom is -0.460 e. The monoisotopic (exact) mass is 210 g/mol. The van der Waals surface area contributed by atoms with Crippen molar-refractivity contribution in [2.45, 2.75) is 52.6 Å². The average Bonchev–Trinajstić information content (AvgIpc) is 2.16. The Balaban J connectivity index is 3.88. The maximum atomic E-state index is 11.1. The van der Waals surface area contributed by atoms with E-state index in [1.165, 1.54) is 0 Å². The molecule has 0 N–H and O–H groups in total. The van der Waals surface area contributed by atoms with Crippen molar-refractivity contribution in [3.05, 3.63) is 24.3 Å². The second-order valence-electron chi connectivity index (χ2n) is 4.08. The van der Waals surface area contributed by atoms with Crippen LogP contribution in [0.5, 0.6) is 0 Å². The van der Waals surface area contributed by atoms with Crippen LogP contribution in [-0.4, -0.2) is 11.6 Å². The number of ether oxygens (including phenoxy) is 1. The minimum absolute atomic E-state index is 0.127. The number of hydrogen-bond acceptors (Lipinski definition) is 2. The molecule has 0 aliphatic carbocycles. The largest absolute Gasteiger partial charge is 0.460 e. The summed E-state index contributed by atoms with van der Waals surface area (Å²) in [5.74, 6) is -0.127. The first kappa shape index (κ1) is 13.9. The first-order chi connectivity index (χ1) is 7.02. The second kappa shape index (κ2) is 7.27. The third kappa shape index (κ3) is 7.98. The molecule has 0 heterocycles. The SMILES string of the molecule is C/C=C/C=C/CCC(C)(C)OC(=O)CC. The molecule has 0 amide bonds. The Morgan fingerprint density at radius 3 is 2.53 bits per heavy atom. The van der Waals surface area contributed by atoms with Gasteiger partial charge in [-0.15, -0.1) is 0 Å². The number of carbonyl (C=O) groups is 1. The third-order valence-corrected chi connectivity index (χ3v) is 2.03. The van der Waals surface area contributed by atoms with Gasteiger partial charge < -0.3 is 4.74 Å². The van der Waals surface area contributed by atoms with E-state index in [1.807, 2.05) is 45.9 Å². The molecule has 0 fully saturated rings. The van der Waals surface area contributed by atoms with Gasteiger partial charge in [0.1, 0.15) is 5.60 Å². The van der Waals surface area contributed by atoms with Crippen LogP contribution in [-0.2, 0) is 9.53 Å². The summed E-state index contributed by atoms with van der Waals surface area (Å²) in [6.07, 6.45) is 10.3. The lowest BCUT2D eigenvalue weighted by atomic mass is 10.0. The molecule has 0 atom stereocenters. The standard InChI is InChI=1S/C13H22O2/c1-5-7-8-9-10-11-13(3,4)15-12(14)6-2/h5,7-9H,6,10-11H2,1-4H3/b7-5+,9-8+. The third-order valence-electron chi connectivity index (χ3n) is 2.03. The lowest BCUT2D eigenvalue weighted by Gasteiger charge is -2.24. The van der Waals surface area contributed by atoms with Gasteiger partial charge in [-0.25, -0.2) is 0 Å². The fraction of sp³-hybridized carbons (Fsp3) is 0.615. The molecule has 0 radical (unpaired) electrons. The summed E-state index contributed by atoms with van der Waals surface area (Å²) in [5, 5.41) is 0. The topological polar surface area (TPSA) is 26.3 Å². The average molecular weight is 210 g/mol. The van der Waals surface area contributed by atoms with E-state index in [9.17, 15) is 4.79 Å². The van der Waals surface area contributed by atoms with Crippen LogP contribution in [0, 0.1) is 0 Å². The Bertz CT molecular complexity index is 237. The van der Waals surface area contributed by atoms with Gasteiger partial charge in [0, 0.05) is 6.42 Å². The summed E-state index contributed by atoms with van der Waals surface area (Å²) in [7, 11) is 0. The van der Waals surface area contributed by atoms with Crippen LogP contribution >= 0.6 is 0 Å². The molecule has 0 rings (SSSR count). The first-order valence-corrected chi connectivity index (χ1v) is 5.51. The highest BCUT2D eigenvalue weighted by molar-refractivity contribution is 5.69. The van der Waals surface area contributed by atoms with E-state index in [0.29, 0.717) is 6.42 Å². The summed E-state index contributed by atoms with van der Waals surface area (Å²) in [6.45, 7) is 7.69. The molecule has 0 bridgehead atoms. The Kier molecular flexibility index (Phi) is 6.76. The molecule has 0 unspecified atom stereocenters. The Hall–Kier alpha value is -1.05. The van der Waals surface area contributed by atoms with Crippen LogP contribution in [0.25, 0.3) is 0 Å². The van der Waals surface area contributed by atoms with Crippen molar-refractivity contribution >= 4 is 5.97 Å². The minimum atomic E-state index is -0.354. The highest BCUT2D eigenvalue weighted by Crippen LogP contribution is 2.17. The van der Waals surface area contributed by atoms with Crippen molar-refractivity contribution in [1.82, 2.24) is 0 Å². The molecule has 0 aliphatic heterocycles. The zero-order valence-corrected chi connectivity index (χ0v) is 10.2. The maximum absolute atomic E-state index is 11.1. The highest BCUT2D eigenvalue weighted by Gasteiger charge is 2.20. The van der Waals surface area contributed by atoms with Crippen molar-refractivity contribution in [1.29, 1.82) is 0 Å². The maximum Gasteiger partial charge on any atom is 0.306 e. The normalized spacial score (nSPS) is 12.5. The molecule has 0 saturated heterocycles. The van der Waals surface area contributed by atoms with Crippen LogP contribution in [0.15, 0.2) is 24.3 Å². The molecular weight excluding hydrogens is 188 g/mol. The van der Waals surface area contributed by atoms with E-state index in [2.05, 4.69) is 6.08 Å². The van der Waals surface area contributed by atoms with E-state index in [-0.39, 0.29) is 11.6 Å². The lowest BCUT2D eigenvalue weighted by molar-refractivity contribution is -0.156. The number of rotatable bonds is 6. The van der Waals surface area contributed by atoms with Crippen molar-refractivity contribution in [2.75, 3.05) is 0 Å². The summed E-state index contributed by atoms with van der Waals surface area (Å²) < 4.78 is 5.30. The van der Waals surface area contributed by atoms with E-state index in [1.54, 1.807) is 0 Å². The zero-order chi connectivity index (χ0) is 11.7. The quantitative estimate of drug-likeness (QED) is 0.494. The van der Waals surface area contributed by atoms with Crippen LogP contribution in [0.4, 0.5) is 0 Å². The Labute approximate surface area is 93.0 Å². The number of carbonyl (C=O) groups excluding carboxylic acids is 1. The molecule has 2 nitrogen and oxygen atoms in total. The summed E-state index contributed by atoms with van der Waals surface area (Å²) in [6, 6.07) is 0. The molecule has 0 aromatic rings. The molecule has 0 aromatic heterocycles. The summed E-state index contributed by atoms with van der Waals surface area (Å²) in [4.78, 5) is 11.1. The first-order valence-electron chi connectivity index (χ1n) is 5.51. The van der Waals surface area contributed by atoms with Gasteiger partial charge in [0.05, 0.1) is 0 Å². The smallest absolute Gasteiger partial charge is 0.306 e. The van der Waals surface area contributed by atoms with Gasteiger partial charge in [0.15, 0.2) is 0 Å². The van der Waals surface area contributed by atoms with Crippen molar-refractivity contribution in [2.24, 2.45) is 0 Å². The highest BCUT2D eigenvalue weighted by atomic mass is 16.6. The van der Waals surface area contributed by atoms with E-state index >= 15 is 0 Å². The molecule has 2 heteroatoms. The van der Waals surface area contributed by atoms with E-state index in [4.69, 9.17) is 4.74 Å². The summed E-state index contributed by atoms with van der Waals surface area (Å²) in [5.41, 5.74) is -0.354. The molecule has 86 valence electrons. The molecule has 0 spiro atoms. The van der Waals surface area contributed by atoms with Gasteiger partial charge in [-0.05, 0) is 33.6 Å². The lowest BCUT2D eigenvalue weighted by Crippen LogP contribution is -2.27. The number of esters is 1. The predicted octanol–water partition coefficient (Wildman–Crippen LogP) is 3.63. The van der Waals surface area contributed by atoms with Crippen LogP contribution in [0.3, 0.4) is 0 Å². The fourth-order valence-corrected chi connectivity index (χ4v) is 1.15. The number of allylic oxidation sites excluding steroid dienone is 4. The van der Waals surface area contributed by atoms with Gasteiger partial charge in [0.2, 0.25) is 0 Å².